The maximum absolute atomic E-state index is 5.97. The molecular weight excluding hydrogens is 284 g/mol. The zero-order valence-corrected chi connectivity index (χ0v) is 12.4. The number of benzene rings is 2. The highest BCUT2D eigenvalue weighted by molar-refractivity contribution is 6.30. The van der Waals surface area contributed by atoms with Gasteiger partial charge in [0.05, 0.1) is 6.54 Å². The summed E-state index contributed by atoms with van der Waals surface area (Å²) in [6.07, 6.45) is 0. The number of aryl methyl sites for hydroxylation is 1. The number of hydrogen-bond acceptors (Lipinski definition) is 3. The van der Waals surface area contributed by atoms with Crippen LogP contribution in [-0.4, -0.2) is 14.8 Å². The summed E-state index contributed by atoms with van der Waals surface area (Å²) in [5.41, 5.74) is 1.98. The van der Waals surface area contributed by atoms with Gasteiger partial charge in [0.15, 0.2) is 5.82 Å². The fourth-order valence-corrected chi connectivity index (χ4v) is 2.25. The second-order valence-corrected chi connectivity index (χ2v) is 5.14. The minimum Gasteiger partial charge on any atom is -0.378 e. The van der Waals surface area contributed by atoms with E-state index < -0.39 is 0 Å². The summed E-state index contributed by atoms with van der Waals surface area (Å²) < 4.78 is 1.79. The molecule has 0 fully saturated rings. The molecule has 0 radical (unpaired) electrons. The third-order valence-corrected chi connectivity index (χ3v) is 3.40. The summed E-state index contributed by atoms with van der Waals surface area (Å²) in [7, 11) is 1.90. The first-order valence-electron chi connectivity index (χ1n) is 6.67. The van der Waals surface area contributed by atoms with Crippen molar-refractivity contribution in [2.24, 2.45) is 7.05 Å². The molecule has 3 aromatic rings. The van der Waals surface area contributed by atoms with Crippen molar-refractivity contribution < 1.29 is 0 Å². The van der Waals surface area contributed by atoms with Crippen LogP contribution in [0.25, 0.3) is 11.4 Å². The SMILES string of the molecule is Cn1nc(-c2ccccc2)nc1CNc1cccc(Cl)c1. The van der Waals surface area contributed by atoms with E-state index in [1.165, 1.54) is 0 Å². The van der Waals surface area contributed by atoms with E-state index in [4.69, 9.17) is 11.6 Å². The highest BCUT2D eigenvalue weighted by Crippen LogP contribution is 2.17. The van der Waals surface area contributed by atoms with E-state index >= 15 is 0 Å². The van der Waals surface area contributed by atoms with Gasteiger partial charge in [0.1, 0.15) is 5.82 Å². The molecule has 0 unspecified atom stereocenters. The average molecular weight is 299 g/mol. The molecule has 106 valence electrons. The molecule has 0 aliphatic rings. The Hall–Kier alpha value is -2.33. The zero-order valence-electron chi connectivity index (χ0n) is 11.6. The van der Waals surface area contributed by atoms with Crippen LogP contribution in [0.15, 0.2) is 54.6 Å². The van der Waals surface area contributed by atoms with Gasteiger partial charge in [-0.1, -0.05) is 48.0 Å². The largest absolute Gasteiger partial charge is 0.378 e. The van der Waals surface area contributed by atoms with Crippen molar-refractivity contribution in [3.8, 4) is 11.4 Å². The second-order valence-electron chi connectivity index (χ2n) is 4.71. The van der Waals surface area contributed by atoms with Crippen LogP contribution < -0.4 is 5.32 Å². The first-order valence-corrected chi connectivity index (χ1v) is 7.05. The predicted octanol–water partition coefficient (Wildman–Crippen LogP) is 3.75. The Kier molecular flexibility index (Phi) is 3.88. The van der Waals surface area contributed by atoms with Crippen molar-refractivity contribution in [3.05, 3.63) is 65.4 Å². The van der Waals surface area contributed by atoms with Crippen LogP contribution >= 0.6 is 11.6 Å². The third-order valence-electron chi connectivity index (χ3n) is 3.16. The second kappa shape index (κ2) is 5.97. The standard InChI is InChI=1S/C16H15ClN4/c1-21-15(11-18-14-9-5-8-13(17)10-14)19-16(20-21)12-6-3-2-4-7-12/h2-10,18H,11H2,1H3. The van der Waals surface area contributed by atoms with Crippen molar-refractivity contribution in [2.75, 3.05) is 5.32 Å². The van der Waals surface area contributed by atoms with Gasteiger partial charge in [-0.2, -0.15) is 5.10 Å². The van der Waals surface area contributed by atoms with Crippen LogP contribution in [-0.2, 0) is 13.6 Å². The van der Waals surface area contributed by atoms with Gasteiger partial charge in [0.2, 0.25) is 0 Å². The molecule has 1 N–H and O–H groups in total. The summed E-state index contributed by atoms with van der Waals surface area (Å²) in [6.45, 7) is 0.594. The van der Waals surface area contributed by atoms with Gasteiger partial charge in [-0.3, -0.25) is 4.68 Å². The van der Waals surface area contributed by atoms with Gasteiger partial charge in [-0.05, 0) is 18.2 Å². The Morgan fingerprint density at radius 1 is 1.10 bits per heavy atom. The summed E-state index contributed by atoms with van der Waals surface area (Å²) >= 11 is 5.97. The number of hydrogen-bond donors (Lipinski definition) is 1. The van der Waals surface area contributed by atoms with Crippen molar-refractivity contribution in [2.45, 2.75) is 6.54 Å². The van der Waals surface area contributed by atoms with Crippen LogP contribution in [0.4, 0.5) is 5.69 Å². The third kappa shape index (κ3) is 3.23. The number of halogens is 1. The summed E-state index contributed by atoms with van der Waals surface area (Å²) in [6, 6.07) is 17.6. The number of nitrogens with zero attached hydrogens (tertiary/aromatic N) is 3. The molecule has 0 spiro atoms. The molecule has 21 heavy (non-hydrogen) atoms. The Balaban J connectivity index is 1.76. The van der Waals surface area contributed by atoms with E-state index in [1.807, 2.05) is 61.6 Å². The molecule has 0 aliphatic carbocycles. The fourth-order valence-electron chi connectivity index (χ4n) is 2.06. The van der Waals surface area contributed by atoms with E-state index in [1.54, 1.807) is 4.68 Å². The van der Waals surface area contributed by atoms with E-state index in [9.17, 15) is 0 Å². The van der Waals surface area contributed by atoms with E-state index in [0.717, 1.165) is 22.9 Å². The van der Waals surface area contributed by atoms with E-state index in [-0.39, 0.29) is 0 Å². The molecule has 2 aromatic carbocycles. The topological polar surface area (TPSA) is 42.7 Å². The number of nitrogens with one attached hydrogen (secondary N) is 1. The minimum absolute atomic E-state index is 0.594. The molecule has 1 heterocycles. The molecule has 0 aliphatic heterocycles. The smallest absolute Gasteiger partial charge is 0.181 e. The molecular formula is C16H15ClN4. The van der Waals surface area contributed by atoms with Crippen molar-refractivity contribution >= 4 is 17.3 Å². The van der Waals surface area contributed by atoms with Crippen molar-refractivity contribution in [1.29, 1.82) is 0 Å². The van der Waals surface area contributed by atoms with E-state index in [2.05, 4.69) is 15.4 Å². The fraction of sp³-hybridized carbons (Fsp3) is 0.125. The van der Waals surface area contributed by atoms with Crippen LogP contribution in [0.3, 0.4) is 0 Å². The number of anilines is 1. The van der Waals surface area contributed by atoms with Crippen LogP contribution in [0, 0.1) is 0 Å². The van der Waals surface area contributed by atoms with Gasteiger partial charge < -0.3 is 5.32 Å². The summed E-state index contributed by atoms with van der Waals surface area (Å²) in [5, 5.41) is 8.46. The van der Waals surface area contributed by atoms with Crippen molar-refractivity contribution in [1.82, 2.24) is 14.8 Å². The quantitative estimate of drug-likeness (QED) is 0.798. The molecule has 0 bridgehead atoms. The Morgan fingerprint density at radius 3 is 2.67 bits per heavy atom. The summed E-state index contributed by atoms with van der Waals surface area (Å²) in [4.78, 5) is 4.57. The summed E-state index contributed by atoms with van der Waals surface area (Å²) in [5.74, 6) is 1.61. The zero-order chi connectivity index (χ0) is 14.7. The maximum Gasteiger partial charge on any atom is 0.181 e. The van der Waals surface area contributed by atoms with Gasteiger partial charge in [-0.15, -0.1) is 0 Å². The Bertz CT molecular complexity index is 737. The lowest BCUT2D eigenvalue weighted by atomic mass is 10.2. The van der Waals surface area contributed by atoms with Gasteiger partial charge in [0, 0.05) is 23.3 Å². The lowest BCUT2D eigenvalue weighted by molar-refractivity contribution is 0.713. The van der Waals surface area contributed by atoms with Crippen LogP contribution in [0.2, 0.25) is 5.02 Å². The molecule has 4 nitrogen and oxygen atoms in total. The first kappa shape index (κ1) is 13.6. The lowest BCUT2D eigenvalue weighted by Crippen LogP contribution is -2.06. The Labute approximate surface area is 128 Å². The van der Waals surface area contributed by atoms with E-state index in [0.29, 0.717) is 11.6 Å². The molecule has 0 saturated carbocycles. The normalized spacial score (nSPS) is 10.6. The maximum atomic E-state index is 5.97. The number of aromatic nitrogens is 3. The molecule has 0 amide bonds. The van der Waals surface area contributed by atoms with Gasteiger partial charge >= 0.3 is 0 Å². The monoisotopic (exact) mass is 298 g/mol. The predicted molar refractivity (Wildman–Crippen MR) is 85.2 cm³/mol. The minimum atomic E-state index is 0.594. The lowest BCUT2D eigenvalue weighted by Gasteiger charge is -2.05. The van der Waals surface area contributed by atoms with Gasteiger partial charge in [0.25, 0.3) is 0 Å². The molecule has 1 aromatic heterocycles. The Morgan fingerprint density at radius 2 is 1.90 bits per heavy atom. The molecule has 0 atom stereocenters. The first-order chi connectivity index (χ1) is 10.2. The van der Waals surface area contributed by atoms with Crippen LogP contribution in [0.1, 0.15) is 5.82 Å². The van der Waals surface area contributed by atoms with Gasteiger partial charge in [-0.25, -0.2) is 4.98 Å². The highest BCUT2D eigenvalue weighted by atomic mass is 35.5. The molecule has 3 rings (SSSR count). The highest BCUT2D eigenvalue weighted by Gasteiger charge is 2.08. The number of rotatable bonds is 4. The molecule has 5 heteroatoms. The van der Waals surface area contributed by atoms with Crippen molar-refractivity contribution in [3.63, 3.8) is 0 Å². The van der Waals surface area contributed by atoms with Crippen LogP contribution in [0.5, 0.6) is 0 Å². The molecule has 0 saturated heterocycles. The average Bonchev–Trinajstić information content (AvgIpc) is 2.87.